The maximum atomic E-state index is 12.9. The van der Waals surface area contributed by atoms with E-state index in [9.17, 15) is 9.18 Å². The zero-order valence-corrected chi connectivity index (χ0v) is 14.6. The third-order valence-corrected chi connectivity index (χ3v) is 3.80. The molecule has 0 fully saturated rings. The summed E-state index contributed by atoms with van der Waals surface area (Å²) in [4.78, 5) is 15.8. The van der Waals surface area contributed by atoms with Crippen LogP contribution in [0.5, 0.6) is 5.75 Å². The van der Waals surface area contributed by atoms with E-state index in [1.807, 2.05) is 0 Å². The summed E-state index contributed by atoms with van der Waals surface area (Å²) in [5.74, 6) is -0.619. The number of halogens is 3. The number of carbonyl (C=O) groups excluding carboxylic acids is 1. The predicted molar refractivity (Wildman–Crippen MR) is 91.4 cm³/mol. The van der Waals surface area contributed by atoms with E-state index in [1.165, 1.54) is 12.1 Å². The van der Waals surface area contributed by atoms with Crippen LogP contribution in [0.4, 0.5) is 4.39 Å². The molecule has 0 aliphatic carbocycles. The Kier molecular flexibility index (Phi) is 5.70. The quantitative estimate of drug-likeness (QED) is 0.578. The molecule has 0 aliphatic rings. The average molecular weight is 397 g/mol. The second-order valence-corrected chi connectivity index (χ2v) is 5.83. The number of ether oxygens (including phenoxy) is 2. The van der Waals surface area contributed by atoms with Crippen molar-refractivity contribution in [1.29, 1.82) is 0 Å². The number of aromatic nitrogens is 2. The van der Waals surface area contributed by atoms with Gasteiger partial charge in [-0.05, 0) is 30.3 Å². The molecule has 1 aromatic heterocycles. The van der Waals surface area contributed by atoms with Crippen LogP contribution in [0.1, 0.15) is 5.89 Å². The Balaban J connectivity index is 1.53. The largest absolute Gasteiger partial charge is 0.480 e. The van der Waals surface area contributed by atoms with Crippen LogP contribution in [-0.4, -0.2) is 22.7 Å². The first-order valence-electron chi connectivity index (χ1n) is 7.34. The van der Waals surface area contributed by atoms with E-state index < -0.39 is 18.4 Å². The molecule has 9 heteroatoms. The second kappa shape index (κ2) is 8.16. The lowest BCUT2D eigenvalue weighted by Crippen LogP contribution is -2.15. The fourth-order valence-electron chi connectivity index (χ4n) is 1.98. The summed E-state index contributed by atoms with van der Waals surface area (Å²) in [5.41, 5.74) is 0.602. The lowest BCUT2D eigenvalue weighted by molar-refractivity contribution is -0.148. The summed E-state index contributed by atoms with van der Waals surface area (Å²) in [6.45, 7) is -0.631. The molecule has 6 nitrogen and oxygen atoms in total. The van der Waals surface area contributed by atoms with Crippen molar-refractivity contribution in [2.24, 2.45) is 0 Å². The number of esters is 1. The van der Waals surface area contributed by atoms with Crippen LogP contribution in [0.3, 0.4) is 0 Å². The number of hydrogen-bond donors (Lipinski definition) is 0. The van der Waals surface area contributed by atoms with Crippen LogP contribution in [0.2, 0.25) is 10.0 Å². The Labute approximate surface area is 157 Å². The maximum Gasteiger partial charge on any atom is 0.344 e. The van der Waals surface area contributed by atoms with Gasteiger partial charge in [-0.3, -0.25) is 0 Å². The first kappa shape index (κ1) is 18.2. The third-order valence-electron chi connectivity index (χ3n) is 3.18. The molecule has 3 aromatic rings. The Hall–Kier alpha value is -2.64. The van der Waals surface area contributed by atoms with E-state index in [0.717, 1.165) is 6.07 Å². The number of hydrogen-bond acceptors (Lipinski definition) is 6. The highest BCUT2D eigenvalue weighted by atomic mass is 35.5. The van der Waals surface area contributed by atoms with Gasteiger partial charge in [0.25, 0.3) is 5.89 Å². The van der Waals surface area contributed by atoms with E-state index in [2.05, 4.69) is 10.1 Å². The Morgan fingerprint density at radius 2 is 1.96 bits per heavy atom. The van der Waals surface area contributed by atoms with Crippen LogP contribution in [0, 0.1) is 5.82 Å². The summed E-state index contributed by atoms with van der Waals surface area (Å²) in [5, 5.41) is 4.32. The van der Waals surface area contributed by atoms with Crippen molar-refractivity contribution in [3.8, 4) is 17.1 Å². The molecule has 0 radical (unpaired) electrons. The molecular formula is C17H11Cl2FN2O4. The second-order valence-electron chi connectivity index (χ2n) is 5.02. The van der Waals surface area contributed by atoms with Crippen LogP contribution < -0.4 is 4.74 Å². The molecule has 0 amide bonds. The Morgan fingerprint density at radius 3 is 2.73 bits per heavy atom. The van der Waals surface area contributed by atoms with Crippen molar-refractivity contribution in [2.75, 3.05) is 6.61 Å². The Bertz CT molecular complexity index is 933. The van der Waals surface area contributed by atoms with Crippen LogP contribution in [0.15, 0.2) is 47.0 Å². The van der Waals surface area contributed by atoms with Gasteiger partial charge in [-0.2, -0.15) is 4.98 Å². The van der Waals surface area contributed by atoms with Crippen molar-refractivity contribution in [3.63, 3.8) is 0 Å². The zero-order chi connectivity index (χ0) is 18.5. The molecule has 0 spiro atoms. The predicted octanol–water partition coefficient (Wildman–Crippen LogP) is 4.30. The average Bonchev–Trinajstić information content (AvgIpc) is 3.08. The minimum atomic E-state index is -0.678. The minimum absolute atomic E-state index is 0.0547. The van der Waals surface area contributed by atoms with Gasteiger partial charge in [-0.1, -0.05) is 40.5 Å². The van der Waals surface area contributed by atoms with Crippen molar-refractivity contribution >= 4 is 29.2 Å². The van der Waals surface area contributed by atoms with Gasteiger partial charge in [0.15, 0.2) is 13.2 Å². The van der Waals surface area contributed by atoms with E-state index >= 15 is 0 Å². The highest BCUT2D eigenvalue weighted by Crippen LogP contribution is 2.26. The van der Waals surface area contributed by atoms with Gasteiger partial charge in [0.1, 0.15) is 11.6 Å². The topological polar surface area (TPSA) is 74.5 Å². The van der Waals surface area contributed by atoms with Crippen LogP contribution in [0.25, 0.3) is 11.4 Å². The summed E-state index contributed by atoms with van der Waals surface area (Å²) in [7, 11) is 0. The highest BCUT2D eigenvalue weighted by molar-refractivity contribution is 6.33. The molecule has 0 atom stereocenters. The molecule has 3 rings (SSSR count). The molecule has 0 saturated heterocycles. The summed E-state index contributed by atoms with van der Waals surface area (Å²) < 4.78 is 28.1. The molecule has 134 valence electrons. The van der Waals surface area contributed by atoms with E-state index in [1.54, 1.807) is 24.3 Å². The van der Waals surface area contributed by atoms with Gasteiger partial charge >= 0.3 is 5.97 Å². The molecule has 0 saturated carbocycles. The fourth-order valence-corrected chi connectivity index (χ4v) is 2.42. The molecular weight excluding hydrogens is 386 g/mol. The number of rotatable bonds is 6. The number of nitrogens with zero attached hydrogens (tertiary/aromatic N) is 2. The smallest absolute Gasteiger partial charge is 0.344 e. The first-order valence-corrected chi connectivity index (χ1v) is 8.09. The van der Waals surface area contributed by atoms with Gasteiger partial charge in [0.05, 0.1) is 10.0 Å². The standard InChI is InChI=1S/C17H11Cl2FN2O4/c18-12-4-2-1-3-11(12)17-21-15(26-22-17)8-25-16(23)9-24-14-6-5-10(20)7-13(14)19/h1-7H,8-9H2. The lowest BCUT2D eigenvalue weighted by atomic mass is 10.2. The lowest BCUT2D eigenvalue weighted by Gasteiger charge is -2.07. The maximum absolute atomic E-state index is 12.9. The normalized spacial score (nSPS) is 10.6. The molecule has 0 N–H and O–H groups in total. The third kappa shape index (κ3) is 4.50. The number of carbonyl (C=O) groups is 1. The first-order chi connectivity index (χ1) is 12.5. The zero-order valence-electron chi connectivity index (χ0n) is 13.1. The molecule has 1 heterocycles. The van der Waals surface area contributed by atoms with E-state index in [-0.39, 0.29) is 29.1 Å². The summed E-state index contributed by atoms with van der Waals surface area (Å²) in [6, 6.07) is 10.6. The SMILES string of the molecule is O=C(COc1ccc(F)cc1Cl)OCc1nc(-c2ccccc2Cl)no1. The van der Waals surface area contributed by atoms with Crippen molar-refractivity contribution in [2.45, 2.75) is 6.61 Å². The Morgan fingerprint density at radius 1 is 1.15 bits per heavy atom. The van der Waals surface area contributed by atoms with Gasteiger partial charge in [-0.15, -0.1) is 0 Å². The van der Waals surface area contributed by atoms with Gasteiger partial charge in [0.2, 0.25) is 5.82 Å². The van der Waals surface area contributed by atoms with Crippen molar-refractivity contribution < 1.29 is 23.2 Å². The molecule has 26 heavy (non-hydrogen) atoms. The van der Waals surface area contributed by atoms with Crippen molar-refractivity contribution in [1.82, 2.24) is 10.1 Å². The fraction of sp³-hybridized carbons (Fsp3) is 0.118. The van der Waals surface area contributed by atoms with Gasteiger partial charge in [0, 0.05) is 5.56 Å². The highest BCUT2D eigenvalue weighted by Gasteiger charge is 2.14. The minimum Gasteiger partial charge on any atom is -0.480 e. The molecule has 2 aromatic carbocycles. The van der Waals surface area contributed by atoms with Gasteiger partial charge in [-0.25, -0.2) is 9.18 Å². The van der Waals surface area contributed by atoms with E-state index in [4.69, 9.17) is 37.2 Å². The van der Waals surface area contributed by atoms with Crippen molar-refractivity contribution in [3.05, 3.63) is 64.2 Å². The van der Waals surface area contributed by atoms with Crippen LogP contribution >= 0.6 is 23.2 Å². The van der Waals surface area contributed by atoms with Gasteiger partial charge < -0.3 is 14.0 Å². The van der Waals surface area contributed by atoms with Crippen LogP contribution in [-0.2, 0) is 16.1 Å². The monoisotopic (exact) mass is 396 g/mol. The summed E-state index contributed by atoms with van der Waals surface area (Å²) in [6.07, 6.45) is 0. The number of benzene rings is 2. The molecule has 0 aliphatic heterocycles. The van der Waals surface area contributed by atoms with E-state index in [0.29, 0.717) is 10.6 Å². The molecule has 0 unspecified atom stereocenters. The molecule has 0 bridgehead atoms. The summed E-state index contributed by atoms with van der Waals surface area (Å²) >= 11 is 11.9.